The maximum atomic E-state index is 12.1. The number of thioether (sulfide) groups is 2. The molecule has 0 fully saturated rings. The third kappa shape index (κ3) is 39.7. The van der Waals surface area contributed by atoms with Crippen LogP contribution in [0.25, 0.3) is 0 Å². The van der Waals surface area contributed by atoms with Crippen LogP contribution in [-0.2, 0) is 52.6 Å². The summed E-state index contributed by atoms with van der Waals surface area (Å²) >= 11 is 3.41. The molecule has 0 radical (unpaired) electrons. The molecule has 8 N–H and O–H groups in total. The standard InChI is InChI=1S/C22H40N6O5S.C20H37N5O6S/c1-17(22-27-10-14-33-22)16-34-15-13-28(11-4-20(31)25-8-6-23-18(2)29)12-5-21(32)26-9-7-24-19(3)30;1-16(26)21-7-9-23-18(28)4-11-25(13-15-32-14-6-20(30)31-3)12-5-19(29)24-10-8-22-17(2)27/h17H,4-16H2,1-3H3,(H,23,29)(H,24,30)(H,25,31)(H,26,32);4-15H2,1-3H3,(H,21,26)(H,22,27)(H,23,28)(H,24,29). The Morgan fingerprint density at radius 2 is 0.879 bits per heavy atom. The third-order valence-electron chi connectivity index (χ3n) is 9.09. The van der Waals surface area contributed by atoms with Crippen LogP contribution < -0.4 is 42.5 Å². The van der Waals surface area contributed by atoms with Crippen LogP contribution in [0.4, 0.5) is 0 Å². The number of nitrogens with zero attached hydrogens (tertiary/aromatic N) is 3. The molecular formula is C42H77N11O11S2. The number of carbonyl (C=O) groups is 9. The van der Waals surface area contributed by atoms with E-state index >= 15 is 0 Å². The van der Waals surface area contributed by atoms with E-state index in [1.54, 1.807) is 23.5 Å². The zero-order valence-corrected chi connectivity index (χ0v) is 41.5. The van der Waals surface area contributed by atoms with E-state index in [1.807, 2.05) is 4.90 Å². The van der Waals surface area contributed by atoms with E-state index in [0.29, 0.717) is 117 Å². The second kappa shape index (κ2) is 40.6. The van der Waals surface area contributed by atoms with Gasteiger partial charge in [-0.05, 0) is 0 Å². The summed E-state index contributed by atoms with van der Waals surface area (Å²) in [5.74, 6) is 3.03. The monoisotopic (exact) mass is 976 g/mol. The number of ether oxygens (including phenoxy) is 2. The molecular weight excluding hydrogens is 899 g/mol. The third-order valence-corrected chi connectivity index (χ3v) is 11.3. The van der Waals surface area contributed by atoms with Crippen LogP contribution in [0.5, 0.6) is 0 Å². The topological polar surface area (TPSA) is 287 Å². The minimum absolute atomic E-state index is 0.0900. The van der Waals surface area contributed by atoms with E-state index in [1.165, 1.54) is 34.8 Å². The van der Waals surface area contributed by atoms with Gasteiger partial charge in [0.05, 0.1) is 20.1 Å². The highest BCUT2D eigenvalue weighted by molar-refractivity contribution is 7.99. The van der Waals surface area contributed by atoms with Gasteiger partial charge in [-0.2, -0.15) is 23.5 Å². The number of hydrogen-bond acceptors (Lipinski definition) is 16. The summed E-state index contributed by atoms with van der Waals surface area (Å²) in [5.41, 5.74) is 0. The molecule has 1 rings (SSSR count). The van der Waals surface area contributed by atoms with E-state index < -0.39 is 0 Å². The molecule has 22 nitrogen and oxygen atoms in total. The minimum atomic E-state index is -0.249. The van der Waals surface area contributed by atoms with Crippen molar-refractivity contribution in [1.29, 1.82) is 0 Å². The van der Waals surface area contributed by atoms with Gasteiger partial charge in [0, 0.05) is 174 Å². The number of aliphatic imine (C=N–C) groups is 1. The number of esters is 1. The molecule has 24 heteroatoms. The Labute approximate surface area is 398 Å². The second-order valence-corrected chi connectivity index (χ2v) is 17.4. The Hall–Kier alpha value is -4.68. The maximum absolute atomic E-state index is 12.1. The van der Waals surface area contributed by atoms with Crippen molar-refractivity contribution in [2.24, 2.45) is 10.9 Å². The molecule has 1 unspecified atom stereocenters. The Bertz CT molecular complexity index is 1440. The van der Waals surface area contributed by atoms with Crippen molar-refractivity contribution in [3.05, 3.63) is 0 Å². The Kier molecular flexibility index (Phi) is 37.7. The lowest BCUT2D eigenvalue weighted by Crippen LogP contribution is -2.38. The lowest BCUT2D eigenvalue weighted by Gasteiger charge is -2.22. The fourth-order valence-electron chi connectivity index (χ4n) is 5.55. The average Bonchev–Trinajstić information content (AvgIpc) is 3.82. The van der Waals surface area contributed by atoms with Crippen LogP contribution in [0.15, 0.2) is 4.99 Å². The molecule has 1 aliphatic heterocycles. The van der Waals surface area contributed by atoms with Crippen LogP contribution in [0.1, 0.15) is 66.7 Å². The Morgan fingerprint density at radius 3 is 1.20 bits per heavy atom. The summed E-state index contributed by atoms with van der Waals surface area (Å²) in [5, 5.41) is 21.6. The van der Waals surface area contributed by atoms with E-state index in [0.717, 1.165) is 36.2 Å². The second-order valence-electron chi connectivity index (χ2n) is 15.0. The Balaban J connectivity index is 0.00000128. The molecule has 0 spiro atoms. The first-order valence-corrected chi connectivity index (χ1v) is 24.7. The van der Waals surface area contributed by atoms with Crippen LogP contribution in [0.2, 0.25) is 0 Å². The maximum Gasteiger partial charge on any atom is 0.306 e. The highest BCUT2D eigenvalue weighted by Gasteiger charge is 2.17. The molecule has 0 saturated heterocycles. The van der Waals surface area contributed by atoms with Crippen molar-refractivity contribution in [3.8, 4) is 0 Å². The molecule has 0 aliphatic carbocycles. The van der Waals surface area contributed by atoms with Crippen LogP contribution >= 0.6 is 23.5 Å². The lowest BCUT2D eigenvalue weighted by molar-refractivity contribution is -0.140. The molecule has 1 aliphatic rings. The molecule has 378 valence electrons. The molecule has 0 aromatic carbocycles. The zero-order valence-electron chi connectivity index (χ0n) is 39.9. The van der Waals surface area contributed by atoms with Crippen molar-refractivity contribution in [3.63, 3.8) is 0 Å². The SMILES string of the molecule is CC(=O)NCCNC(=O)CCN(CCSCC(C)C1=NCCO1)CCC(=O)NCCNC(C)=O.COC(=O)CCSCCN(CCC(=O)NCCNC(C)=O)CCC(=O)NCCNC(C)=O. The summed E-state index contributed by atoms with van der Waals surface area (Å²) in [7, 11) is 1.36. The number of carbonyl (C=O) groups excluding carboxylic acids is 9. The fraction of sp³-hybridized carbons (Fsp3) is 0.762. The van der Waals surface area contributed by atoms with E-state index in [-0.39, 0.29) is 72.0 Å². The molecule has 1 atom stereocenters. The van der Waals surface area contributed by atoms with E-state index in [9.17, 15) is 43.2 Å². The normalized spacial score (nSPS) is 12.0. The largest absolute Gasteiger partial charge is 0.479 e. The Morgan fingerprint density at radius 1 is 0.530 bits per heavy atom. The van der Waals surface area contributed by atoms with Crippen LogP contribution in [0, 0.1) is 5.92 Å². The van der Waals surface area contributed by atoms with Gasteiger partial charge in [0.25, 0.3) is 0 Å². The van der Waals surface area contributed by atoms with Gasteiger partial charge in [0.15, 0.2) is 5.90 Å². The number of methoxy groups -OCH3 is 1. The van der Waals surface area contributed by atoms with Gasteiger partial charge in [-0.1, -0.05) is 6.92 Å². The van der Waals surface area contributed by atoms with Gasteiger partial charge in [0.1, 0.15) is 6.61 Å². The summed E-state index contributed by atoms with van der Waals surface area (Å²) in [4.78, 5) is 111. The number of hydrogen-bond donors (Lipinski definition) is 8. The fourth-order valence-corrected chi connectivity index (χ4v) is 7.51. The number of amides is 8. The van der Waals surface area contributed by atoms with Crippen molar-refractivity contribution < 1.29 is 52.6 Å². The zero-order chi connectivity index (χ0) is 49.4. The van der Waals surface area contributed by atoms with Gasteiger partial charge < -0.3 is 61.8 Å². The van der Waals surface area contributed by atoms with Gasteiger partial charge in [0.2, 0.25) is 47.3 Å². The smallest absolute Gasteiger partial charge is 0.306 e. The number of nitrogens with one attached hydrogen (secondary N) is 8. The van der Waals surface area contributed by atoms with E-state index in [4.69, 9.17) is 4.74 Å². The van der Waals surface area contributed by atoms with Crippen molar-refractivity contribution in [2.45, 2.75) is 66.7 Å². The number of rotatable bonds is 36. The summed E-state index contributed by atoms with van der Waals surface area (Å²) in [6, 6.07) is 0. The summed E-state index contributed by atoms with van der Waals surface area (Å²) < 4.78 is 10.1. The first kappa shape index (κ1) is 61.3. The molecule has 0 bridgehead atoms. The molecule has 0 saturated carbocycles. The minimum Gasteiger partial charge on any atom is -0.479 e. The van der Waals surface area contributed by atoms with Crippen molar-refractivity contribution >= 4 is 82.6 Å². The lowest BCUT2D eigenvalue weighted by atomic mass is 10.2. The van der Waals surface area contributed by atoms with Crippen LogP contribution in [0.3, 0.4) is 0 Å². The van der Waals surface area contributed by atoms with Gasteiger partial charge in [-0.15, -0.1) is 0 Å². The highest BCUT2D eigenvalue weighted by Crippen LogP contribution is 2.14. The highest BCUT2D eigenvalue weighted by atomic mass is 32.2. The molecule has 0 aromatic rings. The first-order valence-electron chi connectivity index (χ1n) is 22.4. The van der Waals surface area contributed by atoms with Crippen molar-refractivity contribution in [1.82, 2.24) is 52.3 Å². The molecule has 1 heterocycles. The summed E-state index contributed by atoms with van der Waals surface area (Å²) in [6.45, 7) is 15.7. The van der Waals surface area contributed by atoms with Gasteiger partial charge in [-0.3, -0.25) is 48.1 Å². The predicted octanol–water partition coefficient (Wildman–Crippen LogP) is -1.76. The average molecular weight is 976 g/mol. The molecule has 0 aromatic heterocycles. The molecule has 8 amide bonds. The predicted molar refractivity (Wildman–Crippen MR) is 257 cm³/mol. The first-order chi connectivity index (χ1) is 31.5. The van der Waals surface area contributed by atoms with Gasteiger partial charge >= 0.3 is 5.97 Å². The van der Waals surface area contributed by atoms with Gasteiger partial charge in [-0.25, -0.2) is 0 Å². The summed E-state index contributed by atoms with van der Waals surface area (Å²) in [6.07, 6.45) is 1.52. The van der Waals surface area contributed by atoms with Crippen LogP contribution in [-0.4, -0.2) is 204 Å². The van der Waals surface area contributed by atoms with E-state index in [2.05, 4.69) is 64.1 Å². The molecule has 66 heavy (non-hydrogen) atoms. The quantitative estimate of drug-likeness (QED) is 0.0255. The van der Waals surface area contributed by atoms with Crippen molar-refractivity contribution in [2.75, 3.05) is 135 Å².